The van der Waals surface area contributed by atoms with Crippen LogP contribution < -0.4 is 4.74 Å². The lowest BCUT2D eigenvalue weighted by Gasteiger charge is -2.14. The van der Waals surface area contributed by atoms with Gasteiger partial charge in [0.15, 0.2) is 5.78 Å². The molecule has 2 nitrogen and oxygen atoms in total. The van der Waals surface area contributed by atoms with Gasteiger partial charge in [0.05, 0.1) is 7.11 Å². The van der Waals surface area contributed by atoms with Gasteiger partial charge >= 0.3 is 0 Å². The van der Waals surface area contributed by atoms with Gasteiger partial charge in [-0.1, -0.05) is 31.2 Å². The number of rotatable bonds is 2. The predicted octanol–water partition coefficient (Wildman–Crippen LogP) is 3.98. The molecule has 1 aliphatic carbocycles. The highest BCUT2D eigenvalue weighted by Crippen LogP contribution is 2.34. The highest BCUT2D eigenvalue weighted by Gasteiger charge is 2.28. The average molecular weight is 266 g/mol. The van der Waals surface area contributed by atoms with E-state index >= 15 is 0 Å². The fourth-order valence-corrected chi connectivity index (χ4v) is 3.06. The van der Waals surface area contributed by atoms with Crippen LogP contribution in [-0.2, 0) is 6.42 Å². The Morgan fingerprint density at radius 1 is 1.15 bits per heavy atom. The minimum absolute atomic E-state index is 0.0270. The standard InChI is InChI=1S/C18H18O2/c1-3-15-16-7-5-4-6-12(16)10-13-11-14(20-2)8-9-17(13)18(15)19/h4-9,11,15H,3,10H2,1-2H3. The molecule has 3 rings (SSSR count). The molecule has 0 bridgehead atoms. The summed E-state index contributed by atoms with van der Waals surface area (Å²) in [5.74, 6) is 1.01. The molecule has 2 heteroatoms. The number of hydrogen-bond donors (Lipinski definition) is 0. The first-order chi connectivity index (χ1) is 9.74. The molecule has 0 aliphatic heterocycles. The van der Waals surface area contributed by atoms with Crippen LogP contribution in [0.5, 0.6) is 5.75 Å². The van der Waals surface area contributed by atoms with Crippen molar-refractivity contribution < 1.29 is 9.53 Å². The fourth-order valence-electron chi connectivity index (χ4n) is 3.06. The molecule has 0 aromatic heterocycles. The van der Waals surface area contributed by atoms with Crippen molar-refractivity contribution >= 4 is 5.78 Å². The highest BCUT2D eigenvalue weighted by atomic mass is 16.5. The monoisotopic (exact) mass is 266 g/mol. The number of hydrogen-bond acceptors (Lipinski definition) is 2. The van der Waals surface area contributed by atoms with Crippen molar-refractivity contribution in [1.29, 1.82) is 0 Å². The van der Waals surface area contributed by atoms with Gasteiger partial charge in [-0.05, 0) is 47.7 Å². The number of carbonyl (C=O) groups is 1. The zero-order valence-corrected chi connectivity index (χ0v) is 11.8. The molecule has 20 heavy (non-hydrogen) atoms. The number of methoxy groups -OCH3 is 1. The second kappa shape index (κ2) is 5.12. The summed E-state index contributed by atoms with van der Waals surface area (Å²) in [6.07, 6.45) is 1.63. The molecule has 0 amide bonds. The van der Waals surface area contributed by atoms with Gasteiger partial charge in [-0.15, -0.1) is 0 Å². The summed E-state index contributed by atoms with van der Waals surface area (Å²) in [6.45, 7) is 2.08. The topological polar surface area (TPSA) is 26.3 Å². The van der Waals surface area contributed by atoms with Crippen molar-refractivity contribution in [2.24, 2.45) is 0 Å². The van der Waals surface area contributed by atoms with E-state index in [1.165, 1.54) is 11.1 Å². The van der Waals surface area contributed by atoms with E-state index in [1.54, 1.807) is 7.11 Å². The fraction of sp³-hybridized carbons (Fsp3) is 0.278. The third-order valence-corrected chi connectivity index (χ3v) is 4.11. The number of fused-ring (bicyclic) bond motifs is 2. The molecule has 0 fully saturated rings. The second-order valence-electron chi connectivity index (χ2n) is 5.22. The molecule has 1 unspecified atom stereocenters. The van der Waals surface area contributed by atoms with E-state index in [4.69, 9.17) is 4.74 Å². The minimum atomic E-state index is -0.0270. The van der Waals surface area contributed by atoms with Crippen LogP contribution in [-0.4, -0.2) is 12.9 Å². The first kappa shape index (κ1) is 12.9. The number of carbonyl (C=O) groups excluding carboxylic acids is 1. The normalized spacial score (nSPS) is 17.1. The van der Waals surface area contributed by atoms with E-state index in [9.17, 15) is 4.79 Å². The Balaban J connectivity index is 2.19. The Morgan fingerprint density at radius 2 is 1.95 bits per heavy atom. The molecule has 0 saturated carbocycles. The van der Waals surface area contributed by atoms with Gasteiger partial charge in [0.2, 0.25) is 0 Å². The smallest absolute Gasteiger partial charge is 0.170 e. The lowest BCUT2D eigenvalue weighted by Crippen LogP contribution is -2.12. The predicted molar refractivity (Wildman–Crippen MR) is 79.6 cm³/mol. The maximum absolute atomic E-state index is 12.8. The lowest BCUT2D eigenvalue weighted by molar-refractivity contribution is 0.0957. The Morgan fingerprint density at radius 3 is 2.70 bits per heavy atom. The van der Waals surface area contributed by atoms with Gasteiger partial charge in [0.1, 0.15) is 5.75 Å². The largest absolute Gasteiger partial charge is 0.497 e. The summed E-state index contributed by atoms with van der Waals surface area (Å²) in [6, 6.07) is 14.0. The molecule has 0 spiro atoms. The summed E-state index contributed by atoms with van der Waals surface area (Å²) in [5, 5.41) is 0. The molecule has 0 heterocycles. The Hall–Kier alpha value is -2.09. The van der Waals surface area contributed by atoms with Gasteiger partial charge in [-0.2, -0.15) is 0 Å². The van der Waals surface area contributed by atoms with Crippen molar-refractivity contribution in [3.8, 4) is 5.75 Å². The van der Waals surface area contributed by atoms with Crippen LogP contribution in [0.1, 0.15) is 46.3 Å². The number of ether oxygens (including phenoxy) is 1. The highest BCUT2D eigenvalue weighted by molar-refractivity contribution is 6.03. The minimum Gasteiger partial charge on any atom is -0.497 e. The van der Waals surface area contributed by atoms with Crippen molar-refractivity contribution in [2.45, 2.75) is 25.7 Å². The van der Waals surface area contributed by atoms with Crippen LogP contribution in [0.15, 0.2) is 42.5 Å². The molecule has 102 valence electrons. The van der Waals surface area contributed by atoms with Crippen molar-refractivity contribution in [1.82, 2.24) is 0 Å². The van der Waals surface area contributed by atoms with Gasteiger partial charge in [-0.25, -0.2) is 0 Å². The van der Waals surface area contributed by atoms with Crippen LogP contribution in [0.25, 0.3) is 0 Å². The second-order valence-corrected chi connectivity index (χ2v) is 5.22. The Labute approximate surface area is 119 Å². The molecule has 2 aromatic carbocycles. The van der Waals surface area contributed by atoms with Gasteiger partial charge in [0, 0.05) is 11.5 Å². The van der Waals surface area contributed by atoms with E-state index < -0.39 is 0 Å². The molecular weight excluding hydrogens is 248 g/mol. The number of Topliss-reactive ketones (excluding diaryl/α,β-unsaturated/α-hetero) is 1. The van der Waals surface area contributed by atoms with E-state index in [2.05, 4.69) is 19.1 Å². The molecule has 0 N–H and O–H groups in total. The van der Waals surface area contributed by atoms with E-state index in [0.717, 1.165) is 29.7 Å². The zero-order chi connectivity index (χ0) is 14.1. The molecule has 0 saturated heterocycles. The molecule has 1 atom stereocenters. The van der Waals surface area contributed by atoms with Crippen molar-refractivity contribution in [3.05, 3.63) is 64.7 Å². The SMILES string of the molecule is CCC1C(=O)c2ccc(OC)cc2Cc2ccccc21. The molecule has 1 aliphatic rings. The van der Waals surface area contributed by atoms with Crippen LogP contribution in [0, 0.1) is 0 Å². The van der Waals surface area contributed by atoms with Gasteiger partial charge < -0.3 is 4.74 Å². The number of benzene rings is 2. The maximum atomic E-state index is 12.8. The molecular formula is C18H18O2. The summed E-state index contributed by atoms with van der Waals surface area (Å²) in [5.41, 5.74) is 4.33. The van der Waals surface area contributed by atoms with Crippen LogP contribution in [0.2, 0.25) is 0 Å². The van der Waals surface area contributed by atoms with Crippen molar-refractivity contribution in [2.75, 3.05) is 7.11 Å². The quantitative estimate of drug-likeness (QED) is 0.822. The van der Waals surface area contributed by atoms with Crippen LogP contribution in [0.4, 0.5) is 0 Å². The maximum Gasteiger partial charge on any atom is 0.170 e. The van der Waals surface area contributed by atoms with Crippen LogP contribution in [0.3, 0.4) is 0 Å². The molecule has 2 aromatic rings. The third kappa shape index (κ3) is 2.01. The van der Waals surface area contributed by atoms with E-state index in [-0.39, 0.29) is 11.7 Å². The van der Waals surface area contributed by atoms with Gasteiger partial charge in [0.25, 0.3) is 0 Å². The van der Waals surface area contributed by atoms with Gasteiger partial charge in [-0.3, -0.25) is 4.79 Å². The van der Waals surface area contributed by atoms with E-state index in [1.807, 2.05) is 30.3 Å². The Kier molecular flexibility index (Phi) is 3.31. The summed E-state index contributed by atoms with van der Waals surface area (Å²) >= 11 is 0. The summed E-state index contributed by atoms with van der Waals surface area (Å²) in [4.78, 5) is 12.8. The first-order valence-corrected chi connectivity index (χ1v) is 7.03. The Bertz CT molecular complexity index is 658. The molecule has 0 radical (unpaired) electrons. The number of ketones is 1. The summed E-state index contributed by atoms with van der Waals surface area (Å²) < 4.78 is 5.29. The lowest BCUT2D eigenvalue weighted by atomic mass is 9.88. The van der Waals surface area contributed by atoms with Crippen molar-refractivity contribution in [3.63, 3.8) is 0 Å². The zero-order valence-electron chi connectivity index (χ0n) is 11.8. The average Bonchev–Trinajstić information content (AvgIpc) is 2.60. The summed E-state index contributed by atoms with van der Waals surface area (Å²) in [7, 11) is 1.66. The first-order valence-electron chi connectivity index (χ1n) is 7.03. The van der Waals surface area contributed by atoms with E-state index in [0.29, 0.717) is 0 Å². The van der Waals surface area contributed by atoms with Crippen LogP contribution >= 0.6 is 0 Å². The third-order valence-electron chi connectivity index (χ3n) is 4.11.